The lowest BCUT2D eigenvalue weighted by Crippen LogP contribution is -2.20. The summed E-state index contributed by atoms with van der Waals surface area (Å²) in [6.07, 6.45) is 3.75. The number of ether oxygens (including phenoxy) is 1. The van der Waals surface area contributed by atoms with Gasteiger partial charge in [0.1, 0.15) is 0 Å². The molecule has 0 spiro atoms. The summed E-state index contributed by atoms with van der Waals surface area (Å²) in [7, 11) is 0. The number of nitrogens with one attached hydrogen (secondary N) is 1. The van der Waals surface area contributed by atoms with E-state index in [1.54, 1.807) is 6.08 Å². The zero-order valence-electron chi connectivity index (χ0n) is 13.3. The highest BCUT2D eigenvalue weighted by atomic mass is 79.9. The third kappa shape index (κ3) is 5.66. The van der Waals surface area contributed by atoms with Crippen molar-refractivity contribution in [3.8, 4) is 0 Å². The lowest BCUT2D eigenvalue weighted by atomic mass is 10.1. The molecule has 4 nitrogen and oxygen atoms in total. The SMILES string of the molecule is CCc1ccccc1NC(=O)COC(=O)/C=C/c1cccc(Br)c1. The van der Waals surface area contributed by atoms with Crippen molar-refractivity contribution >= 4 is 39.6 Å². The Kier molecular flexibility index (Phi) is 6.75. The van der Waals surface area contributed by atoms with E-state index in [1.165, 1.54) is 6.08 Å². The van der Waals surface area contributed by atoms with E-state index in [2.05, 4.69) is 21.2 Å². The maximum atomic E-state index is 11.9. The minimum absolute atomic E-state index is 0.320. The van der Waals surface area contributed by atoms with Crippen LogP contribution in [0.15, 0.2) is 59.1 Å². The number of anilines is 1. The van der Waals surface area contributed by atoms with Crippen LogP contribution in [0.2, 0.25) is 0 Å². The zero-order chi connectivity index (χ0) is 17.4. The van der Waals surface area contributed by atoms with Gasteiger partial charge in [-0.2, -0.15) is 0 Å². The smallest absolute Gasteiger partial charge is 0.331 e. The lowest BCUT2D eigenvalue weighted by Gasteiger charge is -2.09. The maximum absolute atomic E-state index is 11.9. The van der Waals surface area contributed by atoms with Crippen LogP contribution in [-0.2, 0) is 20.7 Å². The quantitative estimate of drug-likeness (QED) is 0.596. The molecule has 0 radical (unpaired) electrons. The molecule has 2 aromatic rings. The molecule has 1 N–H and O–H groups in total. The average molecular weight is 388 g/mol. The van der Waals surface area contributed by atoms with Gasteiger partial charge in [0.2, 0.25) is 0 Å². The first-order valence-electron chi connectivity index (χ1n) is 7.56. The van der Waals surface area contributed by atoms with Crippen LogP contribution in [0, 0.1) is 0 Å². The second-order valence-electron chi connectivity index (χ2n) is 5.05. The molecule has 0 aliphatic carbocycles. The zero-order valence-corrected chi connectivity index (χ0v) is 14.9. The van der Waals surface area contributed by atoms with E-state index >= 15 is 0 Å². The predicted molar refractivity (Wildman–Crippen MR) is 98.6 cm³/mol. The first-order chi connectivity index (χ1) is 11.6. The van der Waals surface area contributed by atoms with Gasteiger partial charge < -0.3 is 10.1 Å². The molecule has 2 rings (SSSR count). The molecule has 0 aliphatic rings. The average Bonchev–Trinajstić information content (AvgIpc) is 2.58. The van der Waals surface area contributed by atoms with E-state index < -0.39 is 5.97 Å². The summed E-state index contributed by atoms with van der Waals surface area (Å²) in [5, 5.41) is 2.75. The van der Waals surface area contributed by atoms with Crippen molar-refractivity contribution in [2.75, 3.05) is 11.9 Å². The van der Waals surface area contributed by atoms with E-state index in [9.17, 15) is 9.59 Å². The molecule has 0 bridgehead atoms. The largest absolute Gasteiger partial charge is 0.452 e. The summed E-state index contributed by atoms with van der Waals surface area (Å²) in [6.45, 7) is 1.69. The Hall–Kier alpha value is -2.40. The van der Waals surface area contributed by atoms with Gasteiger partial charge in [-0.1, -0.05) is 53.2 Å². The van der Waals surface area contributed by atoms with Crippen LogP contribution < -0.4 is 5.32 Å². The molecule has 0 saturated heterocycles. The molecule has 1 amide bonds. The Morgan fingerprint density at radius 1 is 1.17 bits per heavy atom. The Balaban J connectivity index is 1.84. The summed E-state index contributed by atoms with van der Waals surface area (Å²) in [5.74, 6) is -0.922. The van der Waals surface area contributed by atoms with E-state index in [4.69, 9.17) is 4.74 Å². The van der Waals surface area contributed by atoms with Crippen LogP contribution in [0.25, 0.3) is 6.08 Å². The van der Waals surface area contributed by atoms with E-state index in [-0.39, 0.29) is 12.5 Å². The minimum atomic E-state index is -0.561. The van der Waals surface area contributed by atoms with Crippen LogP contribution in [0.3, 0.4) is 0 Å². The fourth-order valence-corrected chi connectivity index (χ4v) is 2.51. The number of carbonyl (C=O) groups is 2. The summed E-state index contributed by atoms with van der Waals surface area (Å²) >= 11 is 3.36. The molecule has 0 heterocycles. The van der Waals surface area contributed by atoms with Crippen LogP contribution in [0.5, 0.6) is 0 Å². The Morgan fingerprint density at radius 2 is 1.96 bits per heavy atom. The van der Waals surface area contributed by atoms with Gasteiger partial charge in [0.15, 0.2) is 6.61 Å². The van der Waals surface area contributed by atoms with Crippen molar-refractivity contribution in [3.05, 3.63) is 70.2 Å². The first-order valence-corrected chi connectivity index (χ1v) is 8.36. The normalized spacial score (nSPS) is 10.6. The minimum Gasteiger partial charge on any atom is -0.452 e. The molecule has 124 valence electrons. The van der Waals surface area contributed by atoms with E-state index in [1.807, 2.05) is 55.5 Å². The van der Waals surface area contributed by atoms with Gasteiger partial charge in [-0.3, -0.25) is 4.79 Å². The lowest BCUT2D eigenvalue weighted by molar-refractivity contribution is -0.142. The molecular formula is C19H18BrNO3. The monoisotopic (exact) mass is 387 g/mol. The van der Waals surface area contributed by atoms with Crippen LogP contribution in [-0.4, -0.2) is 18.5 Å². The Labute approximate surface area is 149 Å². The fourth-order valence-electron chi connectivity index (χ4n) is 2.10. The number of hydrogen-bond acceptors (Lipinski definition) is 3. The molecule has 0 aliphatic heterocycles. The van der Waals surface area contributed by atoms with Crippen LogP contribution in [0.4, 0.5) is 5.69 Å². The fraction of sp³-hybridized carbons (Fsp3) is 0.158. The number of para-hydroxylation sites is 1. The van der Waals surface area contributed by atoms with Gasteiger partial charge in [0, 0.05) is 16.2 Å². The number of rotatable bonds is 6. The molecule has 2 aromatic carbocycles. The molecule has 0 saturated carbocycles. The Morgan fingerprint density at radius 3 is 2.71 bits per heavy atom. The number of halogens is 1. The molecule has 5 heteroatoms. The third-order valence-electron chi connectivity index (χ3n) is 3.28. The van der Waals surface area contributed by atoms with Gasteiger partial charge >= 0.3 is 5.97 Å². The Bertz CT molecular complexity index is 756. The van der Waals surface area contributed by atoms with Crippen LogP contribution >= 0.6 is 15.9 Å². The van der Waals surface area contributed by atoms with Gasteiger partial charge in [0.05, 0.1) is 0 Å². The molecule has 0 atom stereocenters. The molecule has 24 heavy (non-hydrogen) atoms. The highest BCUT2D eigenvalue weighted by Gasteiger charge is 2.07. The number of aryl methyl sites for hydroxylation is 1. The van der Waals surface area contributed by atoms with Gasteiger partial charge in [-0.05, 0) is 41.8 Å². The molecule has 0 fully saturated rings. The van der Waals surface area contributed by atoms with Crippen molar-refractivity contribution in [2.45, 2.75) is 13.3 Å². The van der Waals surface area contributed by atoms with Gasteiger partial charge in [0.25, 0.3) is 5.91 Å². The summed E-state index contributed by atoms with van der Waals surface area (Å²) in [6, 6.07) is 15.0. The standard InChI is InChI=1S/C19H18BrNO3/c1-2-15-7-3-4-9-17(15)21-18(22)13-24-19(23)11-10-14-6-5-8-16(20)12-14/h3-12H,2,13H2,1H3,(H,21,22)/b11-10+. The highest BCUT2D eigenvalue weighted by molar-refractivity contribution is 9.10. The first kappa shape index (κ1) is 17.9. The maximum Gasteiger partial charge on any atom is 0.331 e. The van der Waals surface area contributed by atoms with Gasteiger partial charge in [-0.15, -0.1) is 0 Å². The molecule has 0 unspecified atom stereocenters. The van der Waals surface area contributed by atoms with Crippen molar-refractivity contribution in [3.63, 3.8) is 0 Å². The highest BCUT2D eigenvalue weighted by Crippen LogP contribution is 2.15. The number of carbonyl (C=O) groups excluding carboxylic acids is 2. The van der Waals surface area contributed by atoms with Crippen molar-refractivity contribution in [1.29, 1.82) is 0 Å². The number of hydrogen-bond donors (Lipinski definition) is 1. The number of benzene rings is 2. The van der Waals surface area contributed by atoms with Gasteiger partial charge in [-0.25, -0.2) is 4.79 Å². The summed E-state index contributed by atoms with van der Waals surface area (Å²) in [4.78, 5) is 23.6. The van der Waals surface area contributed by atoms with Crippen molar-refractivity contribution in [1.82, 2.24) is 0 Å². The summed E-state index contributed by atoms with van der Waals surface area (Å²) in [5.41, 5.74) is 2.64. The number of amides is 1. The van der Waals surface area contributed by atoms with Crippen molar-refractivity contribution in [2.24, 2.45) is 0 Å². The molecule has 0 aromatic heterocycles. The summed E-state index contributed by atoms with van der Waals surface area (Å²) < 4.78 is 5.88. The predicted octanol–water partition coefficient (Wildman–Crippen LogP) is 4.21. The molecular weight excluding hydrogens is 370 g/mol. The third-order valence-corrected chi connectivity index (χ3v) is 3.77. The topological polar surface area (TPSA) is 55.4 Å². The van der Waals surface area contributed by atoms with E-state index in [0.717, 1.165) is 27.7 Å². The second kappa shape index (κ2) is 9.03. The van der Waals surface area contributed by atoms with Crippen molar-refractivity contribution < 1.29 is 14.3 Å². The van der Waals surface area contributed by atoms with Crippen LogP contribution in [0.1, 0.15) is 18.1 Å². The number of esters is 1. The second-order valence-corrected chi connectivity index (χ2v) is 5.97. The van der Waals surface area contributed by atoms with E-state index in [0.29, 0.717) is 0 Å².